The van der Waals surface area contributed by atoms with E-state index < -0.39 is 0 Å². The van der Waals surface area contributed by atoms with Crippen molar-refractivity contribution in [3.8, 4) is 0 Å². The lowest BCUT2D eigenvalue weighted by molar-refractivity contribution is 0.0525. The summed E-state index contributed by atoms with van der Waals surface area (Å²) in [7, 11) is 0. The number of nitrogen functional groups attached to an aromatic ring is 1. The minimum atomic E-state index is -0.384. The number of hydrogen-bond acceptors (Lipinski definition) is 4. The normalized spacial score (nSPS) is 9.80. The Morgan fingerprint density at radius 3 is 2.87 bits per heavy atom. The molecule has 0 aromatic heterocycles. The summed E-state index contributed by atoms with van der Waals surface area (Å²) < 4.78 is 4.90. The Hall–Kier alpha value is -1.26. The van der Waals surface area contributed by atoms with Gasteiger partial charge in [0.05, 0.1) is 23.7 Å². The Balaban J connectivity index is 3.11. The number of benzene rings is 1. The second-order valence-corrected chi connectivity index (χ2v) is 3.10. The Morgan fingerprint density at radius 1 is 1.60 bits per heavy atom. The van der Waals surface area contributed by atoms with Gasteiger partial charge in [0.2, 0.25) is 0 Å². The lowest BCUT2D eigenvalue weighted by Crippen LogP contribution is -2.13. The number of carbonyl (C=O) groups is 1. The monoisotopic (exact) mass is 228 g/mol. The van der Waals surface area contributed by atoms with Crippen molar-refractivity contribution in [2.75, 3.05) is 12.0 Å². The van der Waals surface area contributed by atoms with Crippen LogP contribution in [0.1, 0.15) is 22.8 Å². The molecule has 0 bridgehead atoms. The van der Waals surface area contributed by atoms with E-state index in [9.17, 15) is 4.79 Å². The largest absolute Gasteiger partial charge is 0.462 e. The van der Waals surface area contributed by atoms with Gasteiger partial charge in [-0.05, 0) is 19.1 Å². The molecular formula is C10H13ClN2O2. The first-order chi connectivity index (χ1) is 7.24. The molecule has 0 spiro atoms. The third kappa shape index (κ3) is 2.61. The Bertz CT molecular complexity index is 355. The van der Waals surface area contributed by atoms with Crippen molar-refractivity contribution in [3.05, 3.63) is 29.3 Å². The molecule has 15 heavy (non-hydrogen) atoms. The summed E-state index contributed by atoms with van der Waals surface area (Å²) in [5.41, 5.74) is 4.23. The van der Waals surface area contributed by atoms with E-state index in [1.165, 1.54) is 0 Å². The Kier molecular flexibility index (Phi) is 4.39. The summed E-state index contributed by atoms with van der Waals surface area (Å²) in [6, 6.07) is 5.13. The van der Waals surface area contributed by atoms with E-state index in [-0.39, 0.29) is 11.8 Å². The molecule has 0 fully saturated rings. The van der Waals surface area contributed by atoms with E-state index in [1.807, 2.05) is 0 Å². The van der Waals surface area contributed by atoms with Crippen LogP contribution in [0.25, 0.3) is 0 Å². The van der Waals surface area contributed by atoms with E-state index in [0.29, 0.717) is 23.4 Å². The smallest absolute Gasteiger partial charge is 0.338 e. The number of carbonyl (C=O) groups excluding carboxylic acids is 1. The summed E-state index contributed by atoms with van der Waals surface area (Å²) in [4.78, 5) is 11.5. The summed E-state index contributed by atoms with van der Waals surface area (Å²) in [6.07, 6.45) is 0. The number of hydrogen-bond donors (Lipinski definition) is 2. The highest BCUT2D eigenvalue weighted by atomic mass is 35.5. The van der Waals surface area contributed by atoms with Crippen LogP contribution in [-0.2, 0) is 10.6 Å². The van der Waals surface area contributed by atoms with Gasteiger partial charge in [-0.15, -0.1) is 11.6 Å². The van der Waals surface area contributed by atoms with Crippen LogP contribution in [-0.4, -0.2) is 12.6 Å². The van der Waals surface area contributed by atoms with Crippen molar-refractivity contribution in [1.29, 1.82) is 0 Å². The summed E-state index contributed by atoms with van der Waals surface area (Å²) in [6.45, 7) is 2.09. The number of hydrazine groups is 1. The van der Waals surface area contributed by atoms with Crippen molar-refractivity contribution < 1.29 is 9.53 Å². The second kappa shape index (κ2) is 5.58. The predicted octanol–water partition coefficient (Wildman–Crippen LogP) is 1.89. The van der Waals surface area contributed by atoms with Gasteiger partial charge in [-0.25, -0.2) is 4.79 Å². The van der Waals surface area contributed by atoms with E-state index in [2.05, 4.69) is 5.43 Å². The molecule has 0 unspecified atom stereocenters. The van der Waals surface area contributed by atoms with E-state index in [4.69, 9.17) is 22.2 Å². The topological polar surface area (TPSA) is 64.3 Å². The van der Waals surface area contributed by atoms with Crippen molar-refractivity contribution in [2.45, 2.75) is 12.8 Å². The zero-order valence-corrected chi connectivity index (χ0v) is 9.17. The molecule has 0 aliphatic heterocycles. The van der Waals surface area contributed by atoms with Gasteiger partial charge >= 0.3 is 5.97 Å². The molecular weight excluding hydrogens is 216 g/mol. The fourth-order valence-corrected chi connectivity index (χ4v) is 1.55. The second-order valence-electron chi connectivity index (χ2n) is 2.83. The molecule has 0 aliphatic carbocycles. The van der Waals surface area contributed by atoms with Crippen LogP contribution in [0.2, 0.25) is 0 Å². The average molecular weight is 229 g/mol. The summed E-state index contributed by atoms with van der Waals surface area (Å²) in [5, 5.41) is 0. The molecule has 5 heteroatoms. The molecule has 0 saturated carbocycles. The van der Waals surface area contributed by atoms with Crippen LogP contribution in [0.5, 0.6) is 0 Å². The maximum absolute atomic E-state index is 11.5. The van der Waals surface area contributed by atoms with Crippen LogP contribution in [0.4, 0.5) is 5.69 Å². The van der Waals surface area contributed by atoms with Gasteiger partial charge in [-0.2, -0.15) is 0 Å². The maximum atomic E-state index is 11.5. The molecule has 1 rings (SSSR count). The molecule has 0 radical (unpaired) electrons. The first kappa shape index (κ1) is 11.8. The van der Waals surface area contributed by atoms with Crippen LogP contribution in [0, 0.1) is 0 Å². The molecule has 1 aromatic carbocycles. The van der Waals surface area contributed by atoms with Crippen LogP contribution >= 0.6 is 11.6 Å². The van der Waals surface area contributed by atoms with Gasteiger partial charge in [0, 0.05) is 5.56 Å². The first-order valence-electron chi connectivity index (χ1n) is 4.56. The van der Waals surface area contributed by atoms with Crippen molar-refractivity contribution in [2.24, 2.45) is 5.84 Å². The van der Waals surface area contributed by atoms with Gasteiger partial charge in [-0.3, -0.25) is 5.84 Å². The average Bonchev–Trinajstić information content (AvgIpc) is 2.28. The quantitative estimate of drug-likeness (QED) is 0.358. The van der Waals surface area contributed by atoms with Crippen molar-refractivity contribution in [3.63, 3.8) is 0 Å². The minimum Gasteiger partial charge on any atom is -0.462 e. The zero-order valence-electron chi connectivity index (χ0n) is 8.42. The van der Waals surface area contributed by atoms with Crippen molar-refractivity contribution >= 4 is 23.3 Å². The standard InChI is InChI=1S/C10H13ClN2O2/c1-2-15-10(14)7-4-3-5-9(13-12)8(7)6-11/h3-5,13H,2,6,12H2,1H3. The third-order valence-electron chi connectivity index (χ3n) is 1.96. The highest BCUT2D eigenvalue weighted by molar-refractivity contribution is 6.18. The van der Waals surface area contributed by atoms with Crippen LogP contribution in [0.3, 0.4) is 0 Å². The Labute approximate surface area is 93.3 Å². The van der Waals surface area contributed by atoms with Gasteiger partial charge in [0.1, 0.15) is 0 Å². The lowest BCUT2D eigenvalue weighted by Gasteiger charge is -2.10. The molecule has 0 heterocycles. The molecule has 0 atom stereocenters. The van der Waals surface area contributed by atoms with Crippen molar-refractivity contribution in [1.82, 2.24) is 0 Å². The molecule has 0 amide bonds. The van der Waals surface area contributed by atoms with Crippen LogP contribution in [0.15, 0.2) is 18.2 Å². The molecule has 82 valence electrons. The number of ether oxygens (including phenoxy) is 1. The molecule has 0 aliphatic rings. The number of rotatable bonds is 4. The van der Waals surface area contributed by atoms with Gasteiger partial charge < -0.3 is 10.2 Å². The zero-order chi connectivity index (χ0) is 11.3. The number of nitrogens with one attached hydrogen (secondary N) is 1. The first-order valence-corrected chi connectivity index (χ1v) is 5.09. The molecule has 3 N–H and O–H groups in total. The number of halogens is 1. The number of alkyl halides is 1. The van der Waals surface area contributed by atoms with Gasteiger partial charge in [0.15, 0.2) is 0 Å². The summed E-state index contributed by atoms with van der Waals surface area (Å²) >= 11 is 5.76. The van der Waals surface area contributed by atoms with Gasteiger partial charge in [0.25, 0.3) is 0 Å². The predicted molar refractivity (Wildman–Crippen MR) is 59.8 cm³/mol. The van der Waals surface area contributed by atoms with Crippen LogP contribution < -0.4 is 11.3 Å². The maximum Gasteiger partial charge on any atom is 0.338 e. The number of nitrogens with two attached hydrogens (primary N) is 1. The fraction of sp³-hybridized carbons (Fsp3) is 0.300. The SMILES string of the molecule is CCOC(=O)c1cccc(NN)c1CCl. The number of anilines is 1. The minimum absolute atomic E-state index is 0.203. The van der Waals surface area contributed by atoms with E-state index in [0.717, 1.165) is 0 Å². The Morgan fingerprint density at radius 2 is 2.33 bits per heavy atom. The molecule has 1 aromatic rings. The van der Waals surface area contributed by atoms with E-state index in [1.54, 1.807) is 25.1 Å². The highest BCUT2D eigenvalue weighted by Gasteiger charge is 2.14. The third-order valence-corrected chi connectivity index (χ3v) is 2.23. The summed E-state index contributed by atoms with van der Waals surface area (Å²) in [5.74, 6) is 5.13. The van der Waals surface area contributed by atoms with E-state index >= 15 is 0 Å². The fourth-order valence-electron chi connectivity index (χ4n) is 1.27. The highest BCUT2D eigenvalue weighted by Crippen LogP contribution is 2.21. The molecule has 0 saturated heterocycles. The molecule has 4 nitrogen and oxygen atoms in total. The lowest BCUT2D eigenvalue weighted by atomic mass is 10.1. The number of esters is 1. The van der Waals surface area contributed by atoms with Gasteiger partial charge in [-0.1, -0.05) is 6.07 Å².